The molecule has 4 atom stereocenters. The highest BCUT2D eigenvalue weighted by Crippen LogP contribution is 2.19. The zero-order chi connectivity index (χ0) is 23.4. The molecule has 0 bridgehead atoms. The molecule has 3 unspecified atom stereocenters. The molecule has 0 saturated heterocycles. The maximum atomic E-state index is 12.7. The number of alkyl carbamates (subject to hydrolysis) is 1. The molecule has 0 aliphatic heterocycles. The maximum absolute atomic E-state index is 12.7. The predicted molar refractivity (Wildman–Crippen MR) is 117 cm³/mol. The number of benzene rings is 1. The summed E-state index contributed by atoms with van der Waals surface area (Å²) >= 11 is 0. The molecule has 0 fully saturated rings. The number of likely N-dealkylation sites (N-methyl/N-ethyl adjacent to an activating group) is 1. The van der Waals surface area contributed by atoms with Crippen LogP contribution in [0.3, 0.4) is 0 Å². The zero-order valence-electron chi connectivity index (χ0n) is 19.2. The Bertz CT molecular complexity index is 697. The van der Waals surface area contributed by atoms with Crippen molar-refractivity contribution in [1.82, 2.24) is 10.2 Å². The smallest absolute Gasteiger partial charge is 0.407 e. The summed E-state index contributed by atoms with van der Waals surface area (Å²) < 4.78 is 10.6. The van der Waals surface area contributed by atoms with Crippen LogP contribution in [0.1, 0.15) is 45.6 Å². The molecule has 8 nitrogen and oxygen atoms in total. The van der Waals surface area contributed by atoms with Crippen LogP contribution < -0.4 is 5.32 Å². The Hall–Kier alpha value is -2.61. The van der Waals surface area contributed by atoms with Crippen LogP contribution in [0.2, 0.25) is 0 Å². The van der Waals surface area contributed by atoms with E-state index in [1.807, 2.05) is 51.1 Å². The highest BCUT2D eigenvalue weighted by molar-refractivity contribution is 5.84. The number of ether oxygens (including phenoxy) is 2. The van der Waals surface area contributed by atoms with Gasteiger partial charge in [0.15, 0.2) is 6.04 Å². The quantitative estimate of drug-likeness (QED) is 0.492. The second-order valence-corrected chi connectivity index (χ2v) is 8.06. The number of aliphatic carboxylic acids is 1. The lowest BCUT2D eigenvalue weighted by atomic mass is 9.95. The number of carbonyl (C=O) groups excluding carboxylic acids is 2. The highest BCUT2D eigenvalue weighted by atomic mass is 16.5. The molecular weight excluding hydrogens is 400 g/mol. The van der Waals surface area contributed by atoms with E-state index < -0.39 is 24.2 Å². The summed E-state index contributed by atoms with van der Waals surface area (Å²) in [4.78, 5) is 37.7. The van der Waals surface area contributed by atoms with Crippen molar-refractivity contribution < 1.29 is 29.0 Å². The van der Waals surface area contributed by atoms with E-state index in [2.05, 4.69) is 5.32 Å². The van der Waals surface area contributed by atoms with Gasteiger partial charge in [-0.15, -0.1) is 0 Å². The minimum absolute atomic E-state index is 0.0962. The van der Waals surface area contributed by atoms with Gasteiger partial charge in [-0.25, -0.2) is 9.59 Å². The summed E-state index contributed by atoms with van der Waals surface area (Å²) in [5.74, 6) is -1.32. The number of rotatable bonds is 13. The van der Waals surface area contributed by atoms with Gasteiger partial charge in [0.25, 0.3) is 0 Å². The molecule has 2 amide bonds. The number of nitrogens with zero attached hydrogens (tertiary/aromatic N) is 1. The Kier molecular flexibility index (Phi) is 11.6. The molecule has 1 rings (SSSR count). The fraction of sp³-hybridized carbons (Fsp3) is 0.609. The van der Waals surface area contributed by atoms with Crippen molar-refractivity contribution in [2.24, 2.45) is 11.8 Å². The highest BCUT2D eigenvalue weighted by Gasteiger charge is 2.35. The fourth-order valence-electron chi connectivity index (χ4n) is 3.19. The van der Waals surface area contributed by atoms with Crippen LogP contribution in [0.5, 0.6) is 0 Å². The van der Waals surface area contributed by atoms with Crippen molar-refractivity contribution in [3.8, 4) is 0 Å². The molecule has 0 radical (unpaired) electrons. The van der Waals surface area contributed by atoms with Crippen LogP contribution >= 0.6 is 0 Å². The first-order valence-electron chi connectivity index (χ1n) is 10.6. The van der Waals surface area contributed by atoms with Crippen LogP contribution in [0, 0.1) is 11.8 Å². The van der Waals surface area contributed by atoms with Gasteiger partial charge < -0.3 is 24.8 Å². The van der Waals surface area contributed by atoms with Crippen LogP contribution in [-0.2, 0) is 25.7 Å². The molecule has 0 heterocycles. The largest absolute Gasteiger partial charge is 0.480 e. The summed E-state index contributed by atoms with van der Waals surface area (Å²) in [6, 6.07) is 8.26. The molecule has 0 aromatic heterocycles. The van der Waals surface area contributed by atoms with Gasteiger partial charge in [0.2, 0.25) is 5.91 Å². The topological polar surface area (TPSA) is 105 Å². The maximum Gasteiger partial charge on any atom is 0.407 e. The zero-order valence-corrected chi connectivity index (χ0v) is 19.2. The van der Waals surface area contributed by atoms with Crippen LogP contribution in [0.25, 0.3) is 0 Å². The molecule has 174 valence electrons. The molecule has 2 N–H and O–H groups in total. The van der Waals surface area contributed by atoms with Crippen molar-refractivity contribution in [3.05, 3.63) is 35.9 Å². The van der Waals surface area contributed by atoms with Crippen LogP contribution in [0.15, 0.2) is 30.3 Å². The SMILES string of the molecule is CCC(C)CC(OC)C(C(=O)O)N(C)C(=O)C[C@@H](C)CNC(=O)OCc1ccccc1. The number of carbonyl (C=O) groups is 3. The second kappa shape index (κ2) is 13.6. The van der Waals surface area contributed by atoms with E-state index in [0.29, 0.717) is 6.42 Å². The third-order valence-electron chi connectivity index (χ3n) is 5.38. The minimum atomic E-state index is -1.10. The molecule has 8 heteroatoms. The lowest BCUT2D eigenvalue weighted by molar-refractivity contribution is -0.156. The molecular formula is C23H36N2O6. The summed E-state index contributed by atoms with van der Waals surface area (Å²) in [5.41, 5.74) is 0.882. The Balaban J connectivity index is 2.54. The van der Waals surface area contributed by atoms with E-state index >= 15 is 0 Å². The Morgan fingerprint density at radius 1 is 1.13 bits per heavy atom. The molecule has 1 aromatic carbocycles. The van der Waals surface area contributed by atoms with E-state index in [-0.39, 0.29) is 37.3 Å². The third kappa shape index (κ3) is 9.38. The number of nitrogens with one attached hydrogen (secondary N) is 1. The van der Waals surface area contributed by atoms with Crippen molar-refractivity contribution in [2.45, 2.75) is 58.8 Å². The molecule has 31 heavy (non-hydrogen) atoms. The van der Waals surface area contributed by atoms with Gasteiger partial charge in [-0.2, -0.15) is 0 Å². The Morgan fingerprint density at radius 3 is 2.32 bits per heavy atom. The third-order valence-corrected chi connectivity index (χ3v) is 5.38. The predicted octanol–water partition coefficient (Wildman–Crippen LogP) is 3.30. The molecule has 1 aromatic rings. The minimum Gasteiger partial charge on any atom is -0.480 e. The molecule has 0 aliphatic carbocycles. The number of hydrogen-bond acceptors (Lipinski definition) is 5. The number of hydrogen-bond donors (Lipinski definition) is 2. The van der Waals surface area contributed by atoms with Gasteiger partial charge in [-0.05, 0) is 23.8 Å². The second-order valence-electron chi connectivity index (χ2n) is 8.06. The van der Waals surface area contributed by atoms with Gasteiger partial charge >= 0.3 is 12.1 Å². The van der Waals surface area contributed by atoms with E-state index in [0.717, 1.165) is 12.0 Å². The van der Waals surface area contributed by atoms with Gasteiger partial charge in [-0.3, -0.25) is 4.79 Å². The lowest BCUT2D eigenvalue weighted by Crippen LogP contribution is -2.51. The molecule has 0 saturated carbocycles. The van der Waals surface area contributed by atoms with Crippen molar-refractivity contribution in [3.63, 3.8) is 0 Å². The van der Waals surface area contributed by atoms with Crippen molar-refractivity contribution >= 4 is 18.0 Å². The first-order chi connectivity index (χ1) is 14.7. The van der Waals surface area contributed by atoms with E-state index in [1.54, 1.807) is 0 Å². The number of carboxylic acid groups (broad SMARTS) is 1. The van der Waals surface area contributed by atoms with Gasteiger partial charge in [0, 0.05) is 27.1 Å². The summed E-state index contributed by atoms with van der Waals surface area (Å²) in [7, 11) is 2.95. The number of methoxy groups -OCH3 is 1. The van der Waals surface area contributed by atoms with Gasteiger partial charge in [0.05, 0.1) is 6.10 Å². The van der Waals surface area contributed by atoms with Crippen LogP contribution in [-0.4, -0.2) is 60.8 Å². The van der Waals surface area contributed by atoms with Crippen LogP contribution in [0.4, 0.5) is 4.79 Å². The standard InChI is InChI=1S/C23H36N2O6/c1-6-16(2)12-19(30-5)21(22(27)28)25(4)20(26)13-17(3)14-24-23(29)31-15-18-10-8-7-9-11-18/h7-11,16-17,19,21H,6,12-15H2,1-5H3,(H,24,29)(H,27,28)/t16?,17-,19?,21?/m1/s1. The van der Waals surface area contributed by atoms with E-state index in [1.165, 1.54) is 19.1 Å². The van der Waals surface area contributed by atoms with Crippen molar-refractivity contribution in [1.29, 1.82) is 0 Å². The van der Waals surface area contributed by atoms with Gasteiger partial charge in [-0.1, -0.05) is 57.5 Å². The average molecular weight is 437 g/mol. The summed E-state index contributed by atoms with van der Waals surface area (Å²) in [6.07, 6.45) is 0.383. The number of carboxylic acids is 1. The lowest BCUT2D eigenvalue weighted by Gasteiger charge is -2.32. The normalized spacial score (nSPS) is 14.7. The van der Waals surface area contributed by atoms with E-state index in [4.69, 9.17) is 9.47 Å². The summed E-state index contributed by atoms with van der Waals surface area (Å²) in [5, 5.41) is 12.3. The monoisotopic (exact) mass is 436 g/mol. The number of amides is 2. The Labute approximate surface area is 184 Å². The van der Waals surface area contributed by atoms with Crippen molar-refractivity contribution in [2.75, 3.05) is 20.7 Å². The molecule has 0 spiro atoms. The first kappa shape index (κ1) is 26.4. The fourth-order valence-corrected chi connectivity index (χ4v) is 3.19. The molecule has 0 aliphatic rings. The first-order valence-corrected chi connectivity index (χ1v) is 10.6. The average Bonchev–Trinajstić information content (AvgIpc) is 2.75. The Morgan fingerprint density at radius 2 is 1.77 bits per heavy atom. The van der Waals surface area contributed by atoms with E-state index in [9.17, 15) is 19.5 Å². The van der Waals surface area contributed by atoms with Gasteiger partial charge in [0.1, 0.15) is 6.61 Å². The summed E-state index contributed by atoms with van der Waals surface area (Å²) in [6.45, 7) is 6.27.